The summed E-state index contributed by atoms with van der Waals surface area (Å²) in [6.45, 7) is 9.26. The van der Waals surface area contributed by atoms with Crippen molar-refractivity contribution in [3.63, 3.8) is 0 Å². The van der Waals surface area contributed by atoms with Crippen LogP contribution in [-0.2, 0) is 0 Å². The second-order valence-electron chi connectivity index (χ2n) is 6.11. The monoisotopic (exact) mass is 278 g/mol. The molecule has 0 bridgehead atoms. The van der Waals surface area contributed by atoms with E-state index in [4.69, 9.17) is 5.11 Å². The molecule has 0 radical (unpaired) electrons. The summed E-state index contributed by atoms with van der Waals surface area (Å²) in [4.78, 5) is 15.2. The number of carbonyl (C=O) groups is 1. The molecule has 4 nitrogen and oxygen atoms in total. The van der Waals surface area contributed by atoms with E-state index in [1.54, 1.807) is 19.1 Å². The summed E-state index contributed by atoms with van der Waals surface area (Å²) >= 11 is 0. The van der Waals surface area contributed by atoms with Crippen LogP contribution in [0.1, 0.15) is 62.5 Å². The molecule has 20 heavy (non-hydrogen) atoms. The molecule has 0 saturated carbocycles. The van der Waals surface area contributed by atoms with Gasteiger partial charge in [0.1, 0.15) is 5.82 Å². The third-order valence-corrected chi connectivity index (χ3v) is 3.52. The van der Waals surface area contributed by atoms with Gasteiger partial charge in [-0.2, -0.15) is 0 Å². The Hall–Kier alpha value is -1.58. The third kappa shape index (κ3) is 5.19. The number of nitrogens with zero attached hydrogens (tertiary/aromatic N) is 1. The van der Waals surface area contributed by atoms with Crippen LogP contribution in [0.2, 0.25) is 0 Å². The second-order valence-corrected chi connectivity index (χ2v) is 6.11. The zero-order valence-corrected chi connectivity index (χ0v) is 13.0. The van der Waals surface area contributed by atoms with E-state index in [1.165, 1.54) is 25.7 Å². The van der Waals surface area contributed by atoms with Crippen LogP contribution in [0.3, 0.4) is 0 Å². The van der Waals surface area contributed by atoms with Crippen LogP contribution in [0.5, 0.6) is 0 Å². The molecule has 0 aliphatic heterocycles. The van der Waals surface area contributed by atoms with Crippen molar-refractivity contribution in [2.24, 2.45) is 5.41 Å². The Morgan fingerprint density at radius 3 is 2.60 bits per heavy atom. The molecule has 1 aromatic heterocycles. The molecular weight excluding hydrogens is 252 g/mol. The number of rotatable bonds is 8. The molecule has 0 amide bonds. The Labute approximate surface area is 121 Å². The minimum Gasteiger partial charge on any atom is -0.478 e. The molecule has 0 aliphatic rings. The largest absolute Gasteiger partial charge is 0.478 e. The number of unbranched alkanes of at least 4 members (excludes halogenated alkanes) is 2. The standard InChI is InChI=1S/C16H26N2O2/c1-5-6-7-10-16(3,4)11-17-14-9-8-13(15(19)20)12(2)18-14/h8-9H,5-7,10-11H2,1-4H3,(H,17,18)(H,19,20). The van der Waals surface area contributed by atoms with Gasteiger partial charge in [-0.1, -0.05) is 40.0 Å². The molecule has 1 aromatic rings. The number of pyridine rings is 1. The number of carboxylic acids is 1. The molecule has 0 fully saturated rings. The van der Waals surface area contributed by atoms with Crippen molar-refractivity contribution < 1.29 is 9.90 Å². The molecule has 1 rings (SSSR count). The normalized spacial score (nSPS) is 11.4. The van der Waals surface area contributed by atoms with Gasteiger partial charge in [-0.15, -0.1) is 0 Å². The van der Waals surface area contributed by atoms with Gasteiger partial charge in [-0.3, -0.25) is 0 Å². The lowest BCUT2D eigenvalue weighted by molar-refractivity contribution is 0.0695. The summed E-state index contributed by atoms with van der Waals surface area (Å²) in [6.07, 6.45) is 4.94. The third-order valence-electron chi connectivity index (χ3n) is 3.52. The number of carboxylic acid groups (broad SMARTS) is 1. The van der Waals surface area contributed by atoms with Gasteiger partial charge in [-0.25, -0.2) is 9.78 Å². The van der Waals surface area contributed by atoms with Gasteiger partial charge >= 0.3 is 5.97 Å². The minimum absolute atomic E-state index is 0.218. The minimum atomic E-state index is -0.929. The zero-order valence-electron chi connectivity index (χ0n) is 13.0. The van der Waals surface area contributed by atoms with Crippen molar-refractivity contribution in [1.29, 1.82) is 0 Å². The number of aryl methyl sites for hydroxylation is 1. The van der Waals surface area contributed by atoms with Crippen molar-refractivity contribution in [3.8, 4) is 0 Å². The molecular formula is C16H26N2O2. The first-order valence-electron chi connectivity index (χ1n) is 7.30. The topological polar surface area (TPSA) is 62.2 Å². The molecule has 0 atom stereocenters. The average molecular weight is 278 g/mol. The summed E-state index contributed by atoms with van der Waals surface area (Å²) in [7, 11) is 0. The quantitative estimate of drug-likeness (QED) is 0.703. The number of hydrogen-bond donors (Lipinski definition) is 2. The lowest BCUT2D eigenvalue weighted by Gasteiger charge is -2.25. The number of aromatic nitrogens is 1. The fraction of sp³-hybridized carbons (Fsp3) is 0.625. The maximum atomic E-state index is 10.9. The molecule has 0 spiro atoms. The fourth-order valence-electron chi connectivity index (χ4n) is 2.16. The Bertz CT molecular complexity index is 456. The Morgan fingerprint density at radius 2 is 2.05 bits per heavy atom. The zero-order chi connectivity index (χ0) is 15.2. The van der Waals surface area contributed by atoms with Crippen molar-refractivity contribution in [3.05, 3.63) is 23.4 Å². The van der Waals surface area contributed by atoms with Crippen LogP contribution in [-0.4, -0.2) is 22.6 Å². The highest BCUT2D eigenvalue weighted by Crippen LogP contribution is 2.24. The van der Waals surface area contributed by atoms with E-state index in [0.717, 1.165) is 12.4 Å². The SMILES string of the molecule is CCCCCC(C)(C)CNc1ccc(C(=O)O)c(C)n1. The van der Waals surface area contributed by atoms with E-state index in [0.29, 0.717) is 5.69 Å². The molecule has 0 aliphatic carbocycles. The van der Waals surface area contributed by atoms with Crippen molar-refractivity contribution >= 4 is 11.8 Å². The smallest absolute Gasteiger partial charge is 0.337 e. The molecule has 4 heteroatoms. The number of aromatic carboxylic acids is 1. The predicted molar refractivity (Wildman–Crippen MR) is 82.3 cm³/mol. The molecule has 0 aromatic carbocycles. The van der Waals surface area contributed by atoms with Gasteiger partial charge in [0.25, 0.3) is 0 Å². The Morgan fingerprint density at radius 1 is 1.35 bits per heavy atom. The van der Waals surface area contributed by atoms with Gasteiger partial charge in [0.15, 0.2) is 0 Å². The van der Waals surface area contributed by atoms with Gasteiger partial charge < -0.3 is 10.4 Å². The second kappa shape index (κ2) is 7.27. The molecule has 0 saturated heterocycles. The number of hydrogen-bond acceptors (Lipinski definition) is 3. The first-order valence-corrected chi connectivity index (χ1v) is 7.30. The highest BCUT2D eigenvalue weighted by Gasteiger charge is 2.17. The molecule has 1 heterocycles. The van der Waals surface area contributed by atoms with Gasteiger partial charge in [0.05, 0.1) is 11.3 Å². The van der Waals surface area contributed by atoms with E-state index in [-0.39, 0.29) is 11.0 Å². The van der Waals surface area contributed by atoms with Crippen LogP contribution in [0.4, 0.5) is 5.82 Å². The van der Waals surface area contributed by atoms with E-state index < -0.39 is 5.97 Å². The van der Waals surface area contributed by atoms with Crippen molar-refractivity contribution in [2.75, 3.05) is 11.9 Å². The van der Waals surface area contributed by atoms with E-state index in [2.05, 4.69) is 31.1 Å². The van der Waals surface area contributed by atoms with Crippen LogP contribution in [0, 0.1) is 12.3 Å². The van der Waals surface area contributed by atoms with Gasteiger partial charge in [0, 0.05) is 6.54 Å². The summed E-state index contributed by atoms with van der Waals surface area (Å²) in [5, 5.41) is 12.3. The lowest BCUT2D eigenvalue weighted by atomic mass is 9.87. The van der Waals surface area contributed by atoms with Crippen LogP contribution in [0.25, 0.3) is 0 Å². The molecule has 2 N–H and O–H groups in total. The van der Waals surface area contributed by atoms with E-state index in [1.807, 2.05) is 0 Å². The molecule has 0 unspecified atom stereocenters. The van der Waals surface area contributed by atoms with Crippen LogP contribution in [0.15, 0.2) is 12.1 Å². The summed E-state index contributed by atoms with van der Waals surface area (Å²) in [6, 6.07) is 3.34. The maximum Gasteiger partial charge on any atom is 0.337 e. The first kappa shape index (κ1) is 16.5. The van der Waals surface area contributed by atoms with Crippen LogP contribution >= 0.6 is 0 Å². The van der Waals surface area contributed by atoms with Gasteiger partial charge in [0.2, 0.25) is 0 Å². The molecule has 112 valence electrons. The van der Waals surface area contributed by atoms with E-state index >= 15 is 0 Å². The lowest BCUT2D eigenvalue weighted by Crippen LogP contribution is -2.23. The van der Waals surface area contributed by atoms with Crippen LogP contribution < -0.4 is 5.32 Å². The first-order chi connectivity index (χ1) is 9.35. The summed E-state index contributed by atoms with van der Waals surface area (Å²) in [5.41, 5.74) is 1.03. The maximum absolute atomic E-state index is 10.9. The van der Waals surface area contributed by atoms with Crippen molar-refractivity contribution in [2.45, 2.75) is 53.4 Å². The number of anilines is 1. The Balaban J connectivity index is 2.57. The highest BCUT2D eigenvalue weighted by atomic mass is 16.4. The number of nitrogens with one attached hydrogen (secondary N) is 1. The average Bonchev–Trinajstić information content (AvgIpc) is 2.36. The summed E-state index contributed by atoms with van der Waals surface area (Å²) < 4.78 is 0. The van der Waals surface area contributed by atoms with Crippen molar-refractivity contribution in [1.82, 2.24) is 4.98 Å². The summed E-state index contributed by atoms with van der Waals surface area (Å²) in [5.74, 6) is -0.183. The van der Waals surface area contributed by atoms with E-state index in [9.17, 15) is 4.79 Å². The fourth-order valence-corrected chi connectivity index (χ4v) is 2.16. The Kier molecular flexibility index (Phi) is 5.99. The highest BCUT2D eigenvalue weighted by molar-refractivity contribution is 5.89. The van der Waals surface area contributed by atoms with Gasteiger partial charge in [-0.05, 0) is 30.9 Å². The predicted octanol–water partition coefficient (Wildman–Crippen LogP) is 4.11.